The standard InChI is InChI=1S/C22H22N2O2S/c1-26-18-11-8-16(9-12-18)10-13-21(25)24-14-4-5-17(15-24)22-23-19-6-2-3-7-20(19)27-22/h2-3,6-13,17H,4-5,14-15H2,1H3/b13-10+/t17-/m1/s1. The first-order chi connectivity index (χ1) is 13.2. The summed E-state index contributed by atoms with van der Waals surface area (Å²) >= 11 is 1.75. The number of nitrogens with zero attached hydrogens (tertiary/aromatic N) is 2. The highest BCUT2D eigenvalue weighted by atomic mass is 32.1. The highest BCUT2D eigenvalue weighted by Gasteiger charge is 2.25. The minimum absolute atomic E-state index is 0.0663. The van der Waals surface area contributed by atoms with Crippen LogP contribution in [0.2, 0.25) is 0 Å². The van der Waals surface area contributed by atoms with Gasteiger partial charge in [-0.3, -0.25) is 4.79 Å². The Kier molecular flexibility index (Phi) is 5.21. The molecular weight excluding hydrogens is 356 g/mol. The number of methoxy groups -OCH3 is 1. The van der Waals surface area contributed by atoms with E-state index in [0.29, 0.717) is 5.92 Å². The van der Waals surface area contributed by atoms with Crippen molar-refractivity contribution in [3.8, 4) is 5.75 Å². The summed E-state index contributed by atoms with van der Waals surface area (Å²) < 4.78 is 6.38. The molecule has 4 nitrogen and oxygen atoms in total. The first-order valence-electron chi connectivity index (χ1n) is 9.19. The molecule has 1 aromatic heterocycles. The minimum atomic E-state index is 0.0663. The molecule has 1 aliphatic heterocycles. The molecule has 1 saturated heterocycles. The molecular formula is C22H22N2O2S. The number of carbonyl (C=O) groups is 1. The molecule has 3 aromatic rings. The fourth-order valence-electron chi connectivity index (χ4n) is 3.43. The average molecular weight is 378 g/mol. The van der Waals surface area contributed by atoms with Crippen LogP contribution in [-0.4, -0.2) is 36.0 Å². The zero-order valence-corrected chi connectivity index (χ0v) is 16.1. The Morgan fingerprint density at radius 3 is 2.81 bits per heavy atom. The normalized spacial score (nSPS) is 17.5. The molecule has 2 aromatic carbocycles. The summed E-state index contributed by atoms with van der Waals surface area (Å²) in [6.07, 6.45) is 5.64. The fourth-order valence-corrected chi connectivity index (χ4v) is 4.52. The highest BCUT2D eigenvalue weighted by molar-refractivity contribution is 7.18. The third-order valence-electron chi connectivity index (χ3n) is 4.93. The molecule has 0 aliphatic carbocycles. The second-order valence-electron chi connectivity index (χ2n) is 6.75. The van der Waals surface area contributed by atoms with Crippen molar-refractivity contribution in [2.45, 2.75) is 18.8 Å². The number of carbonyl (C=O) groups excluding carboxylic acids is 1. The van der Waals surface area contributed by atoms with E-state index in [1.165, 1.54) is 4.70 Å². The Hall–Kier alpha value is -2.66. The van der Waals surface area contributed by atoms with E-state index in [-0.39, 0.29) is 5.91 Å². The van der Waals surface area contributed by atoms with E-state index in [1.54, 1.807) is 24.5 Å². The lowest BCUT2D eigenvalue weighted by Gasteiger charge is -2.31. The lowest BCUT2D eigenvalue weighted by molar-refractivity contribution is -0.127. The van der Waals surface area contributed by atoms with Gasteiger partial charge in [0.25, 0.3) is 0 Å². The number of amides is 1. The van der Waals surface area contributed by atoms with Gasteiger partial charge in [0, 0.05) is 25.1 Å². The van der Waals surface area contributed by atoms with E-state index in [0.717, 1.165) is 47.8 Å². The van der Waals surface area contributed by atoms with Crippen LogP contribution >= 0.6 is 11.3 Å². The lowest BCUT2D eigenvalue weighted by atomic mass is 9.98. The van der Waals surface area contributed by atoms with Gasteiger partial charge in [0.05, 0.1) is 22.3 Å². The number of para-hydroxylation sites is 1. The second kappa shape index (κ2) is 7.92. The number of hydrogen-bond donors (Lipinski definition) is 0. The van der Waals surface area contributed by atoms with Crippen LogP contribution in [0.25, 0.3) is 16.3 Å². The van der Waals surface area contributed by atoms with Gasteiger partial charge in [-0.05, 0) is 48.7 Å². The number of rotatable bonds is 4. The van der Waals surface area contributed by atoms with Crippen molar-refractivity contribution in [1.29, 1.82) is 0 Å². The molecule has 1 amide bonds. The molecule has 0 N–H and O–H groups in total. The van der Waals surface area contributed by atoms with Gasteiger partial charge in [0.15, 0.2) is 0 Å². The highest BCUT2D eigenvalue weighted by Crippen LogP contribution is 2.33. The van der Waals surface area contributed by atoms with Crippen LogP contribution in [0.4, 0.5) is 0 Å². The topological polar surface area (TPSA) is 42.4 Å². The predicted molar refractivity (Wildman–Crippen MR) is 110 cm³/mol. The van der Waals surface area contributed by atoms with Crippen molar-refractivity contribution < 1.29 is 9.53 Å². The summed E-state index contributed by atoms with van der Waals surface area (Å²) in [6.45, 7) is 1.55. The molecule has 0 spiro atoms. The predicted octanol–water partition coefficient (Wildman–Crippen LogP) is 4.72. The van der Waals surface area contributed by atoms with Crippen LogP contribution in [0, 0.1) is 0 Å². The van der Waals surface area contributed by atoms with Gasteiger partial charge in [-0.25, -0.2) is 4.98 Å². The molecule has 1 atom stereocenters. The molecule has 5 heteroatoms. The van der Waals surface area contributed by atoms with Crippen LogP contribution in [0.3, 0.4) is 0 Å². The third-order valence-corrected chi connectivity index (χ3v) is 6.13. The van der Waals surface area contributed by atoms with Crippen LogP contribution < -0.4 is 4.74 Å². The van der Waals surface area contributed by atoms with Crippen molar-refractivity contribution in [3.63, 3.8) is 0 Å². The Labute approximate surface area is 163 Å². The maximum atomic E-state index is 12.6. The summed E-state index contributed by atoms with van der Waals surface area (Å²) in [6, 6.07) is 15.9. The van der Waals surface area contributed by atoms with E-state index >= 15 is 0 Å². The molecule has 0 saturated carbocycles. The number of thiazole rings is 1. The van der Waals surface area contributed by atoms with Crippen molar-refractivity contribution in [1.82, 2.24) is 9.88 Å². The van der Waals surface area contributed by atoms with Crippen LogP contribution in [0.15, 0.2) is 54.6 Å². The Morgan fingerprint density at radius 1 is 1.22 bits per heavy atom. The maximum absolute atomic E-state index is 12.6. The summed E-state index contributed by atoms with van der Waals surface area (Å²) in [5, 5.41) is 1.15. The summed E-state index contributed by atoms with van der Waals surface area (Å²) in [7, 11) is 1.65. The Balaban J connectivity index is 1.43. The van der Waals surface area contributed by atoms with Gasteiger partial charge < -0.3 is 9.64 Å². The zero-order valence-electron chi connectivity index (χ0n) is 15.3. The molecule has 27 heavy (non-hydrogen) atoms. The van der Waals surface area contributed by atoms with E-state index in [1.807, 2.05) is 47.4 Å². The van der Waals surface area contributed by atoms with Crippen LogP contribution in [0.1, 0.15) is 29.3 Å². The molecule has 0 unspecified atom stereocenters. The number of piperidine rings is 1. The number of benzene rings is 2. The summed E-state index contributed by atoms with van der Waals surface area (Å²) in [5.74, 6) is 1.21. The van der Waals surface area contributed by atoms with E-state index in [9.17, 15) is 4.79 Å². The molecule has 1 fully saturated rings. The zero-order chi connectivity index (χ0) is 18.6. The van der Waals surface area contributed by atoms with Gasteiger partial charge in [-0.15, -0.1) is 11.3 Å². The Bertz CT molecular complexity index is 929. The second-order valence-corrected chi connectivity index (χ2v) is 7.81. The molecule has 1 aliphatic rings. The average Bonchev–Trinajstić information content (AvgIpc) is 3.17. The summed E-state index contributed by atoms with van der Waals surface area (Å²) in [4.78, 5) is 19.4. The number of fused-ring (bicyclic) bond motifs is 1. The van der Waals surface area contributed by atoms with Crippen molar-refractivity contribution in [3.05, 3.63) is 65.2 Å². The first-order valence-corrected chi connectivity index (χ1v) is 10.0. The Morgan fingerprint density at radius 2 is 2.04 bits per heavy atom. The largest absolute Gasteiger partial charge is 0.497 e. The molecule has 2 heterocycles. The van der Waals surface area contributed by atoms with E-state index in [2.05, 4.69) is 12.1 Å². The van der Waals surface area contributed by atoms with Crippen LogP contribution in [-0.2, 0) is 4.79 Å². The van der Waals surface area contributed by atoms with E-state index < -0.39 is 0 Å². The van der Waals surface area contributed by atoms with Crippen molar-refractivity contribution in [2.75, 3.05) is 20.2 Å². The fraction of sp³-hybridized carbons (Fsp3) is 0.273. The first kappa shape index (κ1) is 17.7. The SMILES string of the molecule is COc1ccc(/C=C/C(=O)N2CCC[C@@H](c3nc4ccccc4s3)C2)cc1. The number of ether oxygens (including phenoxy) is 1. The van der Waals surface area contributed by atoms with Crippen molar-refractivity contribution in [2.24, 2.45) is 0 Å². The monoisotopic (exact) mass is 378 g/mol. The molecule has 138 valence electrons. The summed E-state index contributed by atoms with van der Waals surface area (Å²) in [5.41, 5.74) is 2.05. The van der Waals surface area contributed by atoms with Gasteiger partial charge >= 0.3 is 0 Å². The minimum Gasteiger partial charge on any atom is -0.497 e. The molecule has 4 rings (SSSR count). The smallest absolute Gasteiger partial charge is 0.246 e. The third kappa shape index (κ3) is 4.03. The van der Waals surface area contributed by atoms with Gasteiger partial charge in [0.1, 0.15) is 5.75 Å². The number of hydrogen-bond acceptors (Lipinski definition) is 4. The van der Waals surface area contributed by atoms with Gasteiger partial charge in [0.2, 0.25) is 5.91 Å². The van der Waals surface area contributed by atoms with E-state index in [4.69, 9.17) is 9.72 Å². The van der Waals surface area contributed by atoms with Crippen LogP contribution in [0.5, 0.6) is 5.75 Å². The number of aromatic nitrogens is 1. The lowest BCUT2D eigenvalue weighted by Crippen LogP contribution is -2.38. The van der Waals surface area contributed by atoms with Gasteiger partial charge in [-0.1, -0.05) is 24.3 Å². The molecule has 0 bridgehead atoms. The van der Waals surface area contributed by atoms with Gasteiger partial charge in [-0.2, -0.15) is 0 Å². The number of likely N-dealkylation sites (tertiary alicyclic amines) is 1. The maximum Gasteiger partial charge on any atom is 0.246 e. The molecule has 0 radical (unpaired) electrons. The quantitative estimate of drug-likeness (QED) is 0.617. The van der Waals surface area contributed by atoms with Crippen molar-refractivity contribution >= 4 is 33.5 Å².